The van der Waals surface area contributed by atoms with Crippen LogP contribution in [0, 0.1) is 0 Å². The van der Waals surface area contributed by atoms with Crippen molar-refractivity contribution >= 4 is 5.91 Å². The van der Waals surface area contributed by atoms with Crippen molar-refractivity contribution in [1.82, 2.24) is 5.32 Å². The Morgan fingerprint density at radius 2 is 2.18 bits per heavy atom. The molecule has 0 heterocycles. The fourth-order valence-electron chi connectivity index (χ4n) is 1.31. The SMILES string of the molecule is CNC(=O)CCOc1ccc(CO)cc1OC. The molecular weight excluding hydrogens is 222 g/mol. The van der Waals surface area contributed by atoms with Crippen LogP contribution in [0.15, 0.2) is 18.2 Å². The van der Waals surface area contributed by atoms with Crippen LogP contribution in [0.3, 0.4) is 0 Å². The summed E-state index contributed by atoms with van der Waals surface area (Å²) in [5, 5.41) is 11.5. The van der Waals surface area contributed by atoms with Crippen molar-refractivity contribution in [2.45, 2.75) is 13.0 Å². The number of amides is 1. The molecule has 1 aromatic rings. The van der Waals surface area contributed by atoms with E-state index in [9.17, 15) is 4.79 Å². The smallest absolute Gasteiger partial charge is 0.223 e. The van der Waals surface area contributed by atoms with Gasteiger partial charge in [0.1, 0.15) is 0 Å². The lowest BCUT2D eigenvalue weighted by Gasteiger charge is -2.11. The van der Waals surface area contributed by atoms with E-state index in [1.54, 1.807) is 25.2 Å². The second-order valence-electron chi connectivity index (χ2n) is 3.41. The Balaban J connectivity index is 2.61. The van der Waals surface area contributed by atoms with E-state index >= 15 is 0 Å². The molecule has 0 fully saturated rings. The number of hydrogen-bond donors (Lipinski definition) is 2. The minimum Gasteiger partial charge on any atom is -0.493 e. The molecule has 0 spiro atoms. The Labute approximate surface area is 100 Å². The van der Waals surface area contributed by atoms with E-state index in [-0.39, 0.29) is 19.1 Å². The van der Waals surface area contributed by atoms with Crippen LogP contribution in [-0.4, -0.2) is 31.8 Å². The van der Waals surface area contributed by atoms with E-state index < -0.39 is 0 Å². The zero-order chi connectivity index (χ0) is 12.7. The highest BCUT2D eigenvalue weighted by molar-refractivity contribution is 5.75. The Hall–Kier alpha value is -1.75. The van der Waals surface area contributed by atoms with Crippen molar-refractivity contribution in [2.75, 3.05) is 20.8 Å². The lowest BCUT2D eigenvalue weighted by molar-refractivity contribution is -0.121. The van der Waals surface area contributed by atoms with Crippen LogP contribution < -0.4 is 14.8 Å². The number of nitrogens with one attached hydrogen (secondary N) is 1. The summed E-state index contributed by atoms with van der Waals surface area (Å²) < 4.78 is 10.6. The number of aliphatic hydroxyl groups excluding tert-OH is 1. The van der Waals surface area contributed by atoms with Gasteiger partial charge in [0.05, 0.1) is 26.7 Å². The molecule has 17 heavy (non-hydrogen) atoms. The Kier molecular flexibility index (Phi) is 5.29. The van der Waals surface area contributed by atoms with Crippen LogP contribution in [0.4, 0.5) is 0 Å². The van der Waals surface area contributed by atoms with E-state index in [0.29, 0.717) is 17.9 Å². The minimum absolute atomic E-state index is 0.0467. The van der Waals surface area contributed by atoms with Gasteiger partial charge in [-0.15, -0.1) is 0 Å². The Bertz CT molecular complexity index is 379. The summed E-state index contributed by atoms with van der Waals surface area (Å²) >= 11 is 0. The van der Waals surface area contributed by atoms with Crippen LogP contribution in [0.2, 0.25) is 0 Å². The van der Waals surface area contributed by atoms with Crippen molar-refractivity contribution in [3.8, 4) is 11.5 Å². The minimum atomic E-state index is -0.0732. The third kappa shape index (κ3) is 3.96. The number of methoxy groups -OCH3 is 1. The first-order valence-electron chi connectivity index (χ1n) is 5.32. The summed E-state index contributed by atoms with van der Waals surface area (Å²) in [4.78, 5) is 11.0. The van der Waals surface area contributed by atoms with Gasteiger partial charge in [-0.05, 0) is 17.7 Å². The van der Waals surface area contributed by atoms with Crippen molar-refractivity contribution in [1.29, 1.82) is 0 Å². The van der Waals surface area contributed by atoms with Gasteiger partial charge in [0.2, 0.25) is 5.91 Å². The average molecular weight is 239 g/mol. The van der Waals surface area contributed by atoms with E-state index in [1.165, 1.54) is 7.11 Å². The zero-order valence-corrected chi connectivity index (χ0v) is 10.0. The molecule has 0 unspecified atom stereocenters. The molecule has 0 aliphatic carbocycles. The molecule has 1 aromatic carbocycles. The van der Waals surface area contributed by atoms with E-state index in [0.717, 1.165) is 5.56 Å². The molecule has 0 aliphatic rings. The summed E-state index contributed by atoms with van der Waals surface area (Å²) in [6.45, 7) is 0.239. The molecule has 0 bridgehead atoms. The summed E-state index contributed by atoms with van der Waals surface area (Å²) in [5.74, 6) is 1.04. The van der Waals surface area contributed by atoms with Crippen molar-refractivity contribution in [3.63, 3.8) is 0 Å². The first-order valence-corrected chi connectivity index (χ1v) is 5.32. The molecule has 5 heteroatoms. The Morgan fingerprint density at radius 1 is 1.41 bits per heavy atom. The van der Waals surface area contributed by atoms with Crippen LogP contribution in [-0.2, 0) is 11.4 Å². The Morgan fingerprint density at radius 3 is 2.76 bits per heavy atom. The maximum atomic E-state index is 11.0. The largest absolute Gasteiger partial charge is 0.493 e. The van der Waals surface area contributed by atoms with Gasteiger partial charge < -0.3 is 19.9 Å². The van der Waals surface area contributed by atoms with Gasteiger partial charge in [0.25, 0.3) is 0 Å². The maximum Gasteiger partial charge on any atom is 0.223 e. The molecule has 1 amide bonds. The van der Waals surface area contributed by atoms with Crippen LogP contribution in [0.1, 0.15) is 12.0 Å². The predicted molar refractivity (Wildman–Crippen MR) is 63.1 cm³/mol. The molecule has 1 rings (SSSR count). The highest BCUT2D eigenvalue weighted by atomic mass is 16.5. The highest BCUT2D eigenvalue weighted by Gasteiger charge is 2.06. The molecule has 0 aromatic heterocycles. The number of hydrogen-bond acceptors (Lipinski definition) is 4. The maximum absolute atomic E-state index is 11.0. The molecule has 0 saturated carbocycles. The van der Waals surface area contributed by atoms with Crippen LogP contribution in [0.5, 0.6) is 11.5 Å². The second kappa shape index (κ2) is 6.75. The van der Waals surface area contributed by atoms with Crippen LogP contribution in [0.25, 0.3) is 0 Å². The lowest BCUT2D eigenvalue weighted by Crippen LogP contribution is -2.20. The number of ether oxygens (including phenoxy) is 2. The third-order valence-electron chi connectivity index (χ3n) is 2.28. The summed E-state index contributed by atoms with van der Waals surface area (Å²) in [6, 6.07) is 5.17. The zero-order valence-electron chi connectivity index (χ0n) is 10.0. The summed E-state index contributed by atoms with van der Waals surface area (Å²) in [7, 11) is 3.11. The molecule has 0 aliphatic heterocycles. The van der Waals surface area contributed by atoms with Gasteiger partial charge in [-0.2, -0.15) is 0 Å². The van der Waals surface area contributed by atoms with Crippen molar-refractivity contribution in [3.05, 3.63) is 23.8 Å². The van der Waals surface area contributed by atoms with Crippen molar-refractivity contribution in [2.24, 2.45) is 0 Å². The van der Waals surface area contributed by atoms with E-state index in [2.05, 4.69) is 5.32 Å². The molecule has 0 atom stereocenters. The molecule has 0 radical (unpaired) electrons. The standard InChI is InChI=1S/C12H17NO4/c1-13-12(15)5-6-17-10-4-3-9(8-14)7-11(10)16-2/h3-4,7,14H,5-6,8H2,1-2H3,(H,13,15). The van der Waals surface area contributed by atoms with E-state index in [4.69, 9.17) is 14.6 Å². The normalized spacial score (nSPS) is 9.82. The molecule has 94 valence electrons. The topological polar surface area (TPSA) is 67.8 Å². The average Bonchev–Trinajstić information content (AvgIpc) is 2.38. The van der Waals surface area contributed by atoms with Gasteiger partial charge in [0, 0.05) is 7.05 Å². The van der Waals surface area contributed by atoms with E-state index in [1.807, 2.05) is 0 Å². The molecule has 0 saturated heterocycles. The fraction of sp³-hybridized carbons (Fsp3) is 0.417. The van der Waals surface area contributed by atoms with Crippen molar-refractivity contribution < 1.29 is 19.4 Å². The first-order chi connectivity index (χ1) is 8.21. The second-order valence-corrected chi connectivity index (χ2v) is 3.41. The highest BCUT2D eigenvalue weighted by Crippen LogP contribution is 2.28. The number of rotatable bonds is 6. The summed E-state index contributed by atoms with van der Waals surface area (Å²) in [6.07, 6.45) is 0.293. The number of carbonyl (C=O) groups is 1. The van der Waals surface area contributed by atoms with Gasteiger partial charge in [-0.25, -0.2) is 0 Å². The monoisotopic (exact) mass is 239 g/mol. The third-order valence-corrected chi connectivity index (χ3v) is 2.28. The molecule has 2 N–H and O–H groups in total. The quantitative estimate of drug-likeness (QED) is 0.767. The molecular formula is C12H17NO4. The fourth-order valence-corrected chi connectivity index (χ4v) is 1.31. The predicted octanol–water partition coefficient (Wildman–Crippen LogP) is 0.702. The number of carbonyl (C=O) groups excluding carboxylic acids is 1. The van der Waals surface area contributed by atoms with Crippen LogP contribution >= 0.6 is 0 Å². The molecule has 5 nitrogen and oxygen atoms in total. The van der Waals surface area contributed by atoms with Gasteiger partial charge in [0.15, 0.2) is 11.5 Å². The van der Waals surface area contributed by atoms with Gasteiger partial charge >= 0.3 is 0 Å². The lowest BCUT2D eigenvalue weighted by atomic mass is 10.2. The summed E-state index contributed by atoms with van der Waals surface area (Å²) in [5.41, 5.74) is 0.750. The number of aliphatic hydroxyl groups is 1. The number of benzene rings is 1. The van der Waals surface area contributed by atoms with Gasteiger partial charge in [-0.3, -0.25) is 4.79 Å². The first kappa shape index (κ1) is 13.3. The van der Waals surface area contributed by atoms with Gasteiger partial charge in [-0.1, -0.05) is 6.07 Å².